The summed E-state index contributed by atoms with van der Waals surface area (Å²) >= 11 is 0. The SMILES string of the molecule is [2H]c1c([2H])c([13C](=O)O)c([2H])c([2H])c1F. The number of aromatic carboxylic acids is 1. The molecule has 2 nitrogen and oxygen atoms in total. The number of hydrogen-bond donors (Lipinski definition) is 1. The molecule has 0 saturated carbocycles. The molecule has 0 saturated heterocycles. The van der Waals surface area contributed by atoms with Crippen LogP contribution < -0.4 is 0 Å². The Morgan fingerprint density at radius 2 is 2.00 bits per heavy atom. The van der Waals surface area contributed by atoms with Crippen LogP contribution in [0.1, 0.15) is 15.8 Å². The highest BCUT2D eigenvalue weighted by Crippen LogP contribution is 2.01. The molecular formula is C7H5FO2. The summed E-state index contributed by atoms with van der Waals surface area (Å²) in [7, 11) is 0. The van der Waals surface area contributed by atoms with Crippen LogP contribution in [0.2, 0.25) is 0 Å². The van der Waals surface area contributed by atoms with Crippen LogP contribution in [0, 0.1) is 5.82 Å². The molecule has 1 aromatic carbocycles. The Morgan fingerprint density at radius 3 is 2.40 bits per heavy atom. The number of carboxylic acids is 1. The van der Waals surface area contributed by atoms with Crippen LogP contribution >= 0.6 is 0 Å². The first kappa shape index (κ1) is 3.14. The molecule has 0 fully saturated rings. The third-order valence-corrected chi connectivity index (χ3v) is 0.808. The predicted octanol–water partition coefficient (Wildman–Crippen LogP) is 1.52. The molecule has 0 aliphatic carbocycles. The number of halogens is 1. The largest absolute Gasteiger partial charge is 0.478 e. The Hall–Kier alpha value is -1.38. The normalized spacial score (nSPS) is 14.9. The maximum Gasteiger partial charge on any atom is 0.335 e. The minimum absolute atomic E-state index is 0.818. The standard InChI is InChI=1S/C7H5FO2/c8-6-3-1-5(2-4-6)7(9)10/h1-4H,(H,9,10)/i1D,2D,3D,4D,7+1. The molecule has 0 aliphatic heterocycles. The van der Waals surface area contributed by atoms with Crippen molar-refractivity contribution in [1.82, 2.24) is 0 Å². The lowest BCUT2D eigenvalue weighted by molar-refractivity contribution is 0.0697. The average Bonchev–Trinajstić information content (AvgIpc) is 2.11. The lowest BCUT2D eigenvalue weighted by Crippen LogP contribution is -1.94. The zero-order valence-electron chi connectivity index (χ0n) is 8.73. The van der Waals surface area contributed by atoms with Gasteiger partial charge in [0.15, 0.2) is 0 Å². The summed E-state index contributed by atoms with van der Waals surface area (Å²) in [6.07, 6.45) is 0. The van der Waals surface area contributed by atoms with E-state index in [2.05, 4.69) is 0 Å². The molecule has 1 rings (SSSR count). The van der Waals surface area contributed by atoms with Crippen LogP contribution in [0.15, 0.2) is 24.2 Å². The zero-order chi connectivity index (χ0) is 11.0. The molecule has 0 atom stereocenters. The first-order chi connectivity index (χ1) is 6.37. The van der Waals surface area contributed by atoms with Gasteiger partial charge in [-0.1, -0.05) is 0 Å². The van der Waals surface area contributed by atoms with Gasteiger partial charge in [-0.3, -0.25) is 0 Å². The van der Waals surface area contributed by atoms with Crippen LogP contribution in [-0.4, -0.2) is 11.1 Å². The topological polar surface area (TPSA) is 37.3 Å². The molecule has 0 heterocycles. The average molecular weight is 145 g/mol. The molecule has 1 aromatic rings. The molecule has 10 heavy (non-hydrogen) atoms. The Labute approximate surface area is 62.5 Å². The number of carboxylic acid groups (broad SMARTS) is 1. The maximum atomic E-state index is 12.9. The molecule has 1 N–H and O–H groups in total. The van der Waals surface area contributed by atoms with Crippen LogP contribution in [0.4, 0.5) is 4.39 Å². The van der Waals surface area contributed by atoms with Gasteiger partial charge in [0.1, 0.15) is 5.82 Å². The number of rotatable bonds is 1. The minimum atomic E-state index is -1.61. The highest BCUT2D eigenvalue weighted by Gasteiger charge is 1.99. The van der Waals surface area contributed by atoms with E-state index in [1.807, 2.05) is 0 Å². The van der Waals surface area contributed by atoms with Crippen molar-refractivity contribution in [3.63, 3.8) is 0 Å². The molecule has 0 radical (unpaired) electrons. The second-order valence-corrected chi connectivity index (χ2v) is 1.49. The molecule has 0 aromatic heterocycles. The van der Waals surface area contributed by atoms with Crippen molar-refractivity contribution in [3.05, 3.63) is 35.6 Å². The Bertz CT molecular complexity index is 390. The monoisotopic (exact) mass is 145 g/mol. The maximum absolute atomic E-state index is 12.9. The summed E-state index contributed by atoms with van der Waals surface area (Å²) in [5.41, 5.74) is -0.818. The molecule has 0 spiro atoms. The van der Waals surface area contributed by atoms with E-state index in [1.54, 1.807) is 0 Å². The van der Waals surface area contributed by atoms with Crippen molar-refractivity contribution in [1.29, 1.82) is 0 Å². The van der Waals surface area contributed by atoms with Gasteiger partial charge < -0.3 is 5.11 Å². The fourth-order valence-corrected chi connectivity index (χ4v) is 0.404. The predicted molar refractivity (Wildman–Crippen MR) is 33.4 cm³/mol. The molecule has 0 unspecified atom stereocenters. The van der Waals surface area contributed by atoms with Crippen LogP contribution in [-0.2, 0) is 0 Å². The van der Waals surface area contributed by atoms with Gasteiger partial charge in [-0.25, -0.2) is 9.18 Å². The van der Waals surface area contributed by atoms with Gasteiger partial charge in [0.2, 0.25) is 0 Å². The Balaban J connectivity index is 3.68. The van der Waals surface area contributed by atoms with Crippen molar-refractivity contribution in [2.75, 3.05) is 0 Å². The molecule has 52 valence electrons. The summed E-state index contributed by atoms with van der Waals surface area (Å²) in [5.74, 6) is -2.95. The van der Waals surface area contributed by atoms with E-state index in [4.69, 9.17) is 10.6 Å². The van der Waals surface area contributed by atoms with E-state index in [1.165, 1.54) is 0 Å². The fourth-order valence-electron chi connectivity index (χ4n) is 0.404. The van der Waals surface area contributed by atoms with Gasteiger partial charge in [-0.05, 0) is 24.2 Å². The molecule has 0 bridgehead atoms. The van der Waals surface area contributed by atoms with Crippen molar-refractivity contribution >= 4 is 5.97 Å². The number of carbonyl (C=O) groups is 1. The second-order valence-electron chi connectivity index (χ2n) is 1.49. The van der Waals surface area contributed by atoms with Crippen molar-refractivity contribution in [2.24, 2.45) is 0 Å². The van der Waals surface area contributed by atoms with Crippen LogP contribution in [0.3, 0.4) is 0 Å². The van der Waals surface area contributed by atoms with Gasteiger partial charge in [-0.2, -0.15) is 0 Å². The summed E-state index contributed by atoms with van der Waals surface area (Å²) < 4.78 is 41.0. The lowest BCUT2D eigenvalue weighted by atomic mass is 10.3. The highest BCUT2D eigenvalue weighted by atomic mass is 19.1. The third kappa shape index (κ3) is 1.31. The summed E-state index contributed by atoms with van der Waals surface area (Å²) in [6, 6.07) is -3.70. The van der Waals surface area contributed by atoms with E-state index >= 15 is 0 Å². The summed E-state index contributed by atoms with van der Waals surface area (Å²) in [4.78, 5) is 10.5. The second kappa shape index (κ2) is 2.47. The van der Waals surface area contributed by atoms with Gasteiger partial charge in [0, 0.05) is 0 Å². The van der Waals surface area contributed by atoms with E-state index < -0.39 is 41.5 Å². The first-order valence-electron chi connectivity index (χ1n) is 4.37. The van der Waals surface area contributed by atoms with Crippen molar-refractivity contribution in [3.8, 4) is 0 Å². The van der Waals surface area contributed by atoms with Gasteiger partial charge in [-0.15, -0.1) is 0 Å². The Kier molecular flexibility index (Phi) is 0.777. The van der Waals surface area contributed by atoms with Gasteiger partial charge in [0.05, 0.1) is 11.0 Å². The van der Waals surface area contributed by atoms with Gasteiger partial charge in [0.25, 0.3) is 0 Å². The molecule has 0 amide bonds. The number of benzene rings is 1. The summed E-state index contributed by atoms with van der Waals surface area (Å²) in [6.45, 7) is 0. The zero-order valence-corrected chi connectivity index (χ0v) is 4.73. The fraction of sp³-hybridized carbons (Fsp3) is 0. The van der Waals surface area contributed by atoms with E-state index in [0.29, 0.717) is 0 Å². The number of hydrogen-bond acceptors (Lipinski definition) is 1. The van der Waals surface area contributed by atoms with Crippen molar-refractivity contribution < 1.29 is 19.8 Å². The van der Waals surface area contributed by atoms with Crippen molar-refractivity contribution in [2.45, 2.75) is 0 Å². The molecule has 3 heteroatoms. The quantitative estimate of drug-likeness (QED) is 0.608. The third-order valence-electron chi connectivity index (χ3n) is 0.808. The van der Waals surface area contributed by atoms with E-state index in [9.17, 15) is 9.18 Å². The van der Waals surface area contributed by atoms with Crippen LogP contribution in [0.5, 0.6) is 0 Å². The van der Waals surface area contributed by atoms with E-state index in [-0.39, 0.29) is 0 Å². The van der Waals surface area contributed by atoms with Gasteiger partial charge >= 0.3 is 5.97 Å². The first-order valence-corrected chi connectivity index (χ1v) is 2.37. The van der Waals surface area contributed by atoms with Crippen LogP contribution in [0.25, 0.3) is 0 Å². The summed E-state index contributed by atoms with van der Waals surface area (Å²) in [5, 5.41) is 8.56. The smallest absolute Gasteiger partial charge is 0.335 e. The minimum Gasteiger partial charge on any atom is -0.478 e. The highest BCUT2D eigenvalue weighted by molar-refractivity contribution is 5.87. The van der Waals surface area contributed by atoms with E-state index in [0.717, 1.165) is 0 Å². The lowest BCUT2D eigenvalue weighted by Gasteiger charge is -1.90. The Morgan fingerprint density at radius 1 is 1.50 bits per heavy atom. The molecular weight excluding hydrogens is 136 g/mol. The molecule has 0 aliphatic rings.